The molecule has 2 saturated heterocycles. The number of aromatic nitrogens is 2. The highest BCUT2D eigenvalue weighted by Crippen LogP contribution is 2.32. The smallest absolute Gasteiger partial charge is 0.338 e. The second-order valence-electron chi connectivity index (χ2n) is 9.81. The molecule has 36 heavy (non-hydrogen) atoms. The van der Waals surface area contributed by atoms with Crippen LogP contribution in [0.1, 0.15) is 46.1 Å². The third-order valence-electron chi connectivity index (χ3n) is 6.63. The van der Waals surface area contributed by atoms with Crippen LogP contribution in [0.5, 0.6) is 5.75 Å². The summed E-state index contributed by atoms with van der Waals surface area (Å²) in [5.41, 5.74) is 1.16. The summed E-state index contributed by atoms with van der Waals surface area (Å²) in [6.45, 7) is 9.78. The molecule has 2 aliphatic heterocycles. The van der Waals surface area contributed by atoms with Crippen LogP contribution in [0.25, 0.3) is 0 Å². The summed E-state index contributed by atoms with van der Waals surface area (Å²) in [4.78, 5) is 39.2. The Balaban J connectivity index is 1.43. The van der Waals surface area contributed by atoms with E-state index in [4.69, 9.17) is 14.2 Å². The van der Waals surface area contributed by atoms with Gasteiger partial charge in [0.15, 0.2) is 6.10 Å². The fourth-order valence-electron chi connectivity index (χ4n) is 4.91. The molecule has 0 bridgehead atoms. The largest absolute Gasteiger partial charge is 0.494 e. The molecule has 1 amide bonds. The lowest BCUT2D eigenvalue weighted by Crippen LogP contribution is -2.57. The Hall–Kier alpha value is -3.20. The molecule has 0 unspecified atom stereocenters. The van der Waals surface area contributed by atoms with Gasteiger partial charge in [0.1, 0.15) is 5.75 Å². The molecule has 4 rings (SSSR count). The van der Waals surface area contributed by atoms with Crippen molar-refractivity contribution in [1.82, 2.24) is 14.9 Å². The number of aryl methyl sites for hydroxylation is 1. The van der Waals surface area contributed by atoms with Gasteiger partial charge in [-0.25, -0.2) is 14.8 Å². The normalized spacial score (nSPS) is 22.3. The number of benzene rings is 1. The van der Waals surface area contributed by atoms with Crippen LogP contribution in [-0.4, -0.2) is 70.9 Å². The van der Waals surface area contributed by atoms with Crippen LogP contribution in [0.4, 0.5) is 5.95 Å². The number of hydrogen-bond donors (Lipinski definition) is 0. The van der Waals surface area contributed by atoms with Crippen molar-refractivity contribution in [1.29, 1.82) is 0 Å². The number of anilines is 1. The van der Waals surface area contributed by atoms with Gasteiger partial charge in [0, 0.05) is 51.9 Å². The molecule has 3 heterocycles. The number of hydrogen-bond acceptors (Lipinski definition) is 8. The van der Waals surface area contributed by atoms with Gasteiger partial charge in [-0.2, -0.15) is 0 Å². The molecular weight excluding hydrogens is 460 g/mol. The highest BCUT2D eigenvalue weighted by atomic mass is 16.8. The summed E-state index contributed by atoms with van der Waals surface area (Å²) in [6, 6.07) is 9.72. The lowest BCUT2D eigenvalue weighted by Gasteiger charge is -2.41. The minimum Gasteiger partial charge on any atom is -0.494 e. The van der Waals surface area contributed by atoms with Crippen molar-refractivity contribution < 1.29 is 23.8 Å². The minimum atomic E-state index is -1.04. The lowest BCUT2D eigenvalue weighted by atomic mass is 9.92. The molecule has 0 N–H and O–H groups in total. The van der Waals surface area contributed by atoms with E-state index < -0.39 is 23.8 Å². The van der Waals surface area contributed by atoms with Crippen molar-refractivity contribution in [2.45, 2.75) is 64.9 Å². The summed E-state index contributed by atoms with van der Waals surface area (Å²) < 4.78 is 16.9. The topological polar surface area (TPSA) is 94.1 Å². The maximum atomic E-state index is 13.8. The van der Waals surface area contributed by atoms with E-state index in [0.29, 0.717) is 38.6 Å². The van der Waals surface area contributed by atoms with Gasteiger partial charge in [0.2, 0.25) is 17.6 Å². The SMILES string of the molecule is CCOc1ccc(CCC[C@@H](C(=O)N2CCN(c3ncccn3)C[C@H]2C)[C@@H]2OC(C)(C)OC2=O)cc1. The van der Waals surface area contributed by atoms with Gasteiger partial charge in [-0.15, -0.1) is 0 Å². The molecule has 3 atom stereocenters. The maximum absolute atomic E-state index is 13.8. The highest BCUT2D eigenvalue weighted by Gasteiger charge is 2.49. The molecule has 0 aliphatic carbocycles. The molecule has 0 radical (unpaired) electrons. The second-order valence-corrected chi connectivity index (χ2v) is 9.81. The Morgan fingerprint density at radius 3 is 2.53 bits per heavy atom. The first kappa shape index (κ1) is 25.9. The molecule has 2 fully saturated rings. The van der Waals surface area contributed by atoms with E-state index in [-0.39, 0.29) is 11.9 Å². The summed E-state index contributed by atoms with van der Waals surface area (Å²) in [5.74, 6) is -0.681. The Labute approximate surface area is 212 Å². The fourth-order valence-corrected chi connectivity index (χ4v) is 4.91. The molecule has 194 valence electrons. The molecule has 2 aliphatic rings. The Bertz CT molecular complexity index is 1030. The lowest BCUT2D eigenvalue weighted by molar-refractivity contribution is -0.163. The number of carbonyl (C=O) groups is 2. The predicted molar refractivity (Wildman–Crippen MR) is 135 cm³/mol. The summed E-state index contributed by atoms with van der Waals surface area (Å²) >= 11 is 0. The van der Waals surface area contributed by atoms with E-state index >= 15 is 0 Å². The zero-order valence-corrected chi connectivity index (χ0v) is 21.6. The Morgan fingerprint density at radius 1 is 1.19 bits per heavy atom. The first-order chi connectivity index (χ1) is 17.3. The maximum Gasteiger partial charge on any atom is 0.338 e. The number of esters is 1. The van der Waals surface area contributed by atoms with Crippen LogP contribution in [0.15, 0.2) is 42.7 Å². The number of cyclic esters (lactones) is 1. The van der Waals surface area contributed by atoms with Crippen molar-refractivity contribution in [3.05, 3.63) is 48.3 Å². The van der Waals surface area contributed by atoms with Crippen molar-refractivity contribution in [3.8, 4) is 5.75 Å². The van der Waals surface area contributed by atoms with Crippen molar-refractivity contribution in [2.75, 3.05) is 31.1 Å². The molecule has 0 spiro atoms. The zero-order valence-electron chi connectivity index (χ0n) is 21.6. The van der Waals surface area contributed by atoms with E-state index in [1.165, 1.54) is 0 Å². The summed E-state index contributed by atoms with van der Waals surface area (Å²) in [5, 5.41) is 0. The number of ether oxygens (including phenoxy) is 3. The van der Waals surface area contributed by atoms with Gasteiger partial charge in [-0.3, -0.25) is 4.79 Å². The standard InChI is InChI=1S/C27H36N4O5/c1-5-34-21-12-10-20(11-13-21)8-6-9-22(23-25(33)36-27(3,4)35-23)24(32)31-17-16-30(18-19(31)2)26-28-14-7-15-29-26/h7,10-15,19,22-23H,5-6,8-9,16-18H2,1-4H3/t19-,22-,23+/m1/s1. The zero-order chi connectivity index (χ0) is 25.7. The van der Waals surface area contributed by atoms with Crippen LogP contribution in [0, 0.1) is 5.92 Å². The van der Waals surface area contributed by atoms with Crippen LogP contribution in [0.2, 0.25) is 0 Å². The van der Waals surface area contributed by atoms with Gasteiger partial charge in [0.05, 0.1) is 12.5 Å². The van der Waals surface area contributed by atoms with Crippen LogP contribution in [-0.2, 0) is 25.5 Å². The molecular formula is C27H36N4O5. The Morgan fingerprint density at radius 2 is 1.92 bits per heavy atom. The Kier molecular flexibility index (Phi) is 8.08. The third kappa shape index (κ3) is 6.13. The van der Waals surface area contributed by atoms with Crippen molar-refractivity contribution >= 4 is 17.8 Å². The van der Waals surface area contributed by atoms with Crippen LogP contribution < -0.4 is 9.64 Å². The molecule has 0 saturated carbocycles. The van der Waals surface area contributed by atoms with E-state index in [1.54, 1.807) is 32.3 Å². The van der Waals surface area contributed by atoms with Gasteiger partial charge in [-0.1, -0.05) is 12.1 Å². The van der Waals surface area contributed by atoms with Crippen LogP contribution >= 0.6 is 0 Å². The summed E-state index contributed by atoms with van der Waals surface area (Å²) in [7, 11) is 0. The van der Waals surface area contributed by atoms with E-state index in [9.17, 15) is 9.59 Å². The van der Waals surface area contributed by atoms with Gasteiger partial charge in [0.25, 0.3) is 0 Å². The van der Waals surface area contributed by atoms with Gasteiger partial charge < -0.3 is 24.0 Å². The first-order valence-electron chi connectivity index (χ1n) is 12.7. The average molecular weight is 497 g/mol. The fraction of sp³-hybridized carbons (Fsp3) is 0.556. The monoisotopic (exact) mass is 496 g/mol. The first-order valence-corrected chi connectivity index (χ1v) is 12.7. The van der Waals surface area contributed by atoms with Crippen LogP contribution in [0.3, 0.4) is 0 Å². The minimum absolute atomic E-state index is 0.0610. The number of amides is 1. The molecule has 1 aromatic heterocycles. The molecule has 2 aromatic rings. The summed E-state index contributed by atoms with van der Waals surface area (Å²) in [6.07, 6.45) is 4.58. The molecule has 9 heteroatoms. The quantitative estimate of drug-likeness (QED) is 0.489. The van der Waals surface area contributed by atoms with Gasteiger partial charge >= 0.3 is 5.97 Å². The number of carbonyl (C=O) groups excluding carboxylic acids is 2. The molecule has 9 nitrogen and oxygen atoms in total. The van der Waals surface area contributed by atoms with E-state index in [1.807, 2.05) is 43.0 Å². The van der Waals surface area contributed by atoms with Crippen molar-refractivity contribution in [3.63, 3.8) is 0 Å². The van der Waals surface area contributed by atoms with Crippen molar-refractivity contribution in [2.24, 2.45) is 5.92 Å². The van der Waals surface area contributed by atoms with E-state index in [0.717, 1.165) is 24.2 Å². The highest BCUT2D eigenvalue weighted by molar-refractivity contribution is 5.88. The van der Waals surface area contributed by atoms with Gasteiger partial charge in [-0.05, 0) is 56.9 Å². The third-order valence-corrected chi connectivity index (χ3v) is 6.63. The number of rotatable bonds is 9. The predicted octanol–water partition coefficient (Wildman–Crippen LogP) is 3.23. The molecule has 1 aromatic carbocycles. The van der Waals surface area contributed by atoms with E-state index in [2.05, 4.69) is 14.9 Å². The number of piperazine rings is 1. The number of nitrogens with zero attached hydrogens (tertiary/aromatic N) is 4. The average Bonchev–Trinajstić information content (AvgIpc) is 3.14. The second kappa shape index (κ2) is 11.2.